The van der Waals surface area contributed by atoms with Crippen molar-refractivity contribution < 1.29 is 14.2 Å². The van der Waals surface area contributed by atoms with Crippen molar-refractivity contribution in [3.63, 3.8) is 0 Å². The van der Waals surface area contributed by atoms with Crippen LogP contribution in [0, 0.1) is 5.82 Å². The standard InChI is InChI=1S/C13H9BrClFO2/c14-10-6-8(16)4-5-13(10)18-12-3-1-2-11(15)9(12)7-17/h1-6,17H,7H2. The molecule has 0 atom stereocenters. The molecule has 0 aromatic heterocycles. The lowest BCUT2D eigenvalue weighted by molar-refractivity contribution is 0.276. The molecule has 0 spiro atoms. The lowest BCUT2D eigenvalue weighted by Crippen LogP contribution is -1.93. The second-order valence-corrected chi connectivity index (χ2v) is 4.81. The lowest BCUT2D eigenvalue weighted by atomic mass is 10.2. The van der Waals surface area contributed by atoms with Gasteiger partial charge in [-0.05, 0) is 46.3 Å². The summed E-state index contributed by atoms with van der Waals surface area (Å²) in [7, 11) is 0. The largest absolute Gasteiger partial charge is 0.456 e. The van der Waals surface area contributed by atoms with E-state index in [4.69, 9.17) is 16.3 Å². The van der Waals surface area contributed by atoms with Gasteiger partial charge in [0.2, 0.25) is 0 Å². The minimum Gasteiger partial charge on any atom is -0.456 e. The molecular weight excluding hydrogens is 322 g/mol. The van der Waals surface area contributed by atoms with Crippen molar-refractivity contribution in [3.8, 4) is 11.5 Å². The van der Waals surface area contributed by atoms with Crippen molar-refractivity contribution in [2.75, 3.05) is 0 Å². The first-order valence-electron chi connectivity index (χ1n) is 5.13. The van der Waals surface area contributed by atoms with Crippen molar-refractivity contribution in [1.29, 1.82) is 0 Å². The van der Waals surface area contributed by atoms with Gasteiger partial charge in [-0.3, -0.25) is 0 Å². The van der Waals surface area contributed by atoms with Gasteiger partial charge in [0.25, 0.3) is 0 Å². The molecule has 0 saturated carbocycles. The Bertz CT molecular complexity index is 575. The topological polar surface area (TPSA) is 29.5 Å². The third kappa shape index (κ3) is 2.83. The highest BCUT2D eigenvalue weighted by atomic mass is 79.9. The first kappa shape index (κ1) is 13.3. The summed E-state index contributed by atoms with van der Waals surface area (Å²) in [5.41, 5.74) is 0.496. The van der Waals surface area contributed by atoms with Crippen LogP contribution in [0.1, 0.15) is 5.56 Å². The molecule has 5 heteroatoms. The molecule has 94 valence electrons. The van der Waals surface area contributed by atoms with Gasteiger partial charge in [0.15, 0.2) is 0 Å². The van der Waals surface area contributed by atoms with Gasteiger partial charge in [0.05, 0.1) is 11.1 Å². The third-order valence-corrected chi connectivity index (χ3v) is 3.32. The Balaban J connectivity index is 2.37. The number of ether oxygens (including phenoxy) is 1. The van der Waals surface area contributed by atoms with Crippen LogP contribution in [0.5, 0.6) is 11.5 Å². The fourth-order valence-electron chi connectivity index (χ4n) is 1.46. The fraction of sp³-hybridized carbons (Fsp3) is 0.0769. The summed E-state index contributed by atoms with van der Waals surface area (Å²) in [6.07, 6.45) is 0. The number of hydrogen-bond acceptors (Lipinski definition) is 2. The van der Waals surface area contributed by atoms with Gasteiger partial charge >= 0.3 is 0 Å². The SMILES string of the molecule is OCc1c(Cl)cccc1Oc1ccc(F)cc1Br. The van der Waals surface area contributed by atoms with E-state index in [0.29, 0.717) is 26.6 Å². The molecule has 0 fully saturated rings. The zero-order valence-electron chi connectivity index (χ0n) is 9.16. The smallest absolute Gasteiger partial charge is 0.141 e. The van der Waals surface area contributed by atoms with Crippen LogP contribution in [-0.4, -0.2) is 5.11 Å². The first-order chi connectivity index (χ1) is 8.61. The molecule has 2 aromatic carbocycles. The monoisotopic (exact) mass is 330 g/mol. The summed E-state index contributed by atoms with van der Waals surface area (Å²) in [6.45, 7) is -0.228. The van der Waals surface area contributed by atoms with Crippen molar-refractivity contribution in [2.45, 2.75) is 6.61 Å². The Morgan fingerprint density at radius 2 is 2.00 bits per heavy atom. The van der Waals surface area contributed by atoms with E-state index in [1.165, 1.54) is 18.2 Å². The molecule has 2 aromatic rings. The zero-order chi connectivity index (χ0) is 13.1. The van der Waals surface area contributed by atoms with Crippen LogP contribution in [0.3, 0.4) is 0 Å². The molecule has 0 unspecified atom stereocenters. The highest BCUT2D eigenvalue weighted by molar-refractivity contribution is 9.10. The molecule has 0 aliphatic heterocycles. The van der Waals surface area contributed by atoms with E-state index in [9.17, 15) is 9.50 Å². The molecule has 0 amide bonds. The Morgan fingerprint density at radius 1 is 1.22 bits per heavy atom. The van der Waals surface area contributed by atoms with Crippen molar-refractivity contribution >= 4 is 27.5 Å². The van der Waals surface area contributed by atoms with Gasteiger partial charge in [-0.25, -0.2) is 4.39 Å². The molecule has 0 bridgehead atoms. The van der Waals surface area contributed by atoms with Crippen LogP contribution in [0.25, 0.3) is 0 Å². The average molecular weight is 332 g/mol. The summed E-state index contributed by atoms with van der Waals surface area (Å²) >= 11 is 9.16. The number of aliphatic hydroxyl groups is 1. The average Bonchev–Trinajstić information content (AvgIpc) is 2.33. The zero-order valence-corrected chi connectivity index (χ0v) is 11.5. The number of hydrogen-bond donors (Lipinski definition) is 1. The van der Waals surface area contributed by atoms with Gasteiger partial charge in [0.1, 0.15) is 17.3 Å². The highest BCUT2D eigenvalue weighted by Crippen LogP contribution is 2.34. The number of rotatable bonds is 3. The van der Waals surface area contributed by atoms with Gasteiger partial charge in [0, 0.05) is 10.6 Å². The molecule has 0 radical (unpaired) electrons. The molecule has 1 N–H and O–H groups in total. The molecule has 0 aliphatic rings. The maximum absolute atomic E-state index is 12.9. The van der Waals surface area contributed by atoms with Crippen LogP contribution in [0.4, 0.5) is 4.39 Å². The Hall–Kier alpha value is -1.10. The van der Waals surface area contributed by atoms with E-state index in [1.54, 1.807) is 18.2 Å². The maximum atomic E-state index is 12.9. The normalized spacial score (nSPS) is 10.4. The van der Waals surface area contributed by atoms with Crippen molar-refractivity contribution in [2.24, 2.45) is 0 Å². The number of halogens is 3. The van der Waals surface area contributed by atoms with Gasteiger partial charge in [-0.15, -0.1) is 0 Å². The third-order valence-electron chi connectivity index (χ3n) is 2.35. The minimum atomic E-state index is -0.359. The Labute approximate surface area is 117 Å². The van der Waals surface area contributed by atoms with Gasteiger partial charge in [-0.2, -0.15) is 0 Å². The molecular formula is C13H9BrClFO2. The van der Waals surface area contributed by atoms with Crippen LogP contribution in [-0.2, 0) is 6.61 Å². The Kier molecular flexibility index (Phi) is 4.22. The summed E-state index contributed by atoms with van der Waals surface area (Å²) in [5.74, 6) is 0.536. The van der Waals surface area contributed by atoms with Gasteiger partial charge < -0.3 is 9.84 Å². The summed E-state index contributed by atoms with van der Waals surface area (Å²) in [4.78, 5) is 0. The molecule has 0 saturated heterocycles. The van der Waals surface area contributed by atoms with E-state index in [2.05, 4.69) is 15.9 Å². The summed E-state index contributed by atoms with van der Waals surface area (Å²) < 4.78 is 19.1. The second kappa shape index (κ2) is 5.69. The highest BCUT2D eigenvalue weighted by Gasteiger charge is 2.10. The quantitative estimate of drug-likeness (QED) is 0.895. The van der Waals surface area contributed by atoms with E-state index < -0.39 is 0 Å². The summed E-state index contributed by atoms with van der Waals surface area (Å²) in [6, 6.07) is 9.17. The molecule has 0 heterocycles. The predicted octanol–water partition coefficient (Wildman–Crippen LogP) is 4.53. The fourth-order valence-corrected chi connectivity index (χ4v) is 2.12. The van der Waals surface area contributed by atoms with Crippen LogP contribution >= 0.6 is 27.5 Å². The molecule has 2 rings (SSSR count). The molecule has 2 nitrogen and oxygen atoms in total. The van der Waals surface area contributed by atoms with Gasteiger partial charge in [-0.1, -0.05) is 17.7 Å². The van der Waals surface area contributed by atoms with Crippen LogP contribution in [0.15, 0.2) is 40.9 Å². The summed E-state index contributed by atoms with van der Waals surface area (Å²) in [5, 5.41) is 9.68. The van der Waals surface area contributed by atoms with Crippen molar-refractivity contribution in [1.82, 2.24) is 0 Å². The van der Waals surface area contributed by atoms with E-state index in [1.807, 2.05) is 0 Å². The lowest BCUT2D eigenvalue weighted by Gasteiger charge is -2.12. The maximum Gasteiger partial charge on any atom is 0.141 e. The number of aliphatic hydroxyl groups excluding tert-OH is 1. The molecule has 18 heavy (non-hydrogen) atoms. The van der Waals surface area contributed by atoms with E-state index in [-0.39, 0.29) is 12.4 Å². The second-order valence-electron chi connectivity index (χ2n) is 3.55. The minimum absolute atomic E-state index is 0.228. The molecule has 0 aliphatic carbocycles. The van der Waals surface area contributed by atoms with E-state index in [0.717, 1.165) is 0 Å². The van der Waals surface area contributed by atoms with Crippen LogP contribution < -0.4 is 4.74 Å². The Morgan fingerprint density at radius 3 is 2.67 bits per heavy atom. The van der Waals surface area contributed by atoms with E-state index >= 15 is 0 Å². The predicted molar refractivity (Wildman–Crippen MR) is 71.5 cm³/mol. The van der Waals surface area contributed by atoms with Crippen molar-refractivity contribution in [3.05, 3.63) is 57.3 Å². The number of benzene rings is 2. The first-order valence-corrected chi connectivity index (χ1v) is 6.30. The van der Waals surface area contributed by atoms with Crippen LogP contribution in [0.2, 0.25) is 5.02 Å².